The monoisotopic (exact) mass is 848 g/mol. The van der Waals surface area contributed by atoms with E-state index in [2.05, 4.69) is 65.3 Å². The van der Waals surface area contributed by atoms with E-state index in [1.165, 1.54) is 6.92 Å². The molecule has 2 aliphatic carbocycles. The molecule has 4 rings (SSSR count). The summed E-state index contributed by atoms with van der Waals surface area (Å²) in [6.45, 7) is 23.2. The quantitative estimate of drug-likeness (QED) is 0.0716. The average molecular weight is 849 g/mol. The SMILES string of the molecule is C=C(C)C(=O)OCCOC(=O)CC1CC(C)(C)CC(C)(CCC(=O)O[C@H]2CO[C@H]3[C@@H]2OC[C@H]3OC(=O)NCC2(C)CC(NC(=O)OCCOC(=O)C(=C)C)CC(C)(C)C2)C1. The van der Waals surface area contributed by atoms with Gasteiger partial charge in [0.05, 0.1) is 13.2 Å². The van der Waals surface area contributed by atoms with Crippen molar-refractivity contribution in [3.63, 3.8) is 0 Å². The molecule has 2 aliphatic heterocycles. The zero-order valence-electron chi connectivity index (χ0n) is 36.9. The molecule has 0 aromatic carbocycles. The fraction of sp³-hybridized carbons (Fsp3) is 0.773. The van der Waals surface area contributed by atoms with Gasteiger partial charge in [0.2, 0.25) is 0 Å². The van der Waals surface area contributed by atoms with Crippen molar-refractivity contribution in [2.75, 3.05) is 46.2 Å². The van der Waals surface area contributed by atoms with Gasteiger partial charge in [0.1, 0.15) is 38.6 Å². The first kappa shape index (κ1) is 48.5. The van der Waals surface area contributed by atoms with E-state index in [-0.39, 0.29) is 109 Å². The maximum atomic E-state index is 13.2. The van der Waals surface area contributed by atoms with Crippen LogP contribution in [0.2, 0.25) is 0 Å². The minimum Gasteiger partial charge on any atom is -0.462 e. The Labute approximate surface area is 354 Å². The van der Waals surface area contributed by atoms with Crippen molar-refractivity contribution in [3.8, 4) is 0 Å². The molecule has 338 valence electrons. The van der Waals surface area contributed by atoms with Crippen LogP contribution in [0.4, 0.5) is 9.59 Å². The lowest BCUT2D eigenvalue weighted by molar-refractivity contribution is -0.155. The van der Waals surface area contributed by atoms with Crippen LogP contribution in [-0.4, -0.2) is 113 Å². The van der Waals surface area contributed by atoms with Crippen LogP contribution in [0.1, 0.15) is 113 Å². The highest BCUT2D eigenvalue weighted by Crippen LogP contribution is 2.52. The van der Waals surface area contributed by atoms with Crippen molar-refractivity contribution in [2.24, 2.45) is 27.6 Å². The van der Waals surface area contributed by atoms with Gasteiger partial charge in [-0.15, -0.1) is 0 Å². The van der Waals surface area contributed by atoms with Crippen molar-refractivity contribution in [1.82, 2.24) is 10.6 Å². The zero-order chi connectivity index (χ0) is 44.5. The molecule has 0 radical (unpaired) electrons. The van der Waals surface area contributed by atoms with Crippen LogP contribution in [0, 0.1) is 27.6 Å². The molecule has 0 bridgehead atoms. The Morgan fingerprint density at radius 2 is 1.17 bits per heavy atom. The molecule has 16 nitrogen and oxygen atoms in total. The van der Waals surface area contributed by atoms with Gasteiger partial charge in [0.25, 0.3) is 0 Å². The summed E-state index contributed by atoms with van der Waals surface area (Å²) >= 11 is 0. The fourth-order valence-electron chi connectivity index (χ4n) is 10.1. The van der Waals surface area contributed by atoms with Crippen LogP contribution in [0.15, 0.2) is 24.3 Å². The summed E-state index contributed by atoms with van der Waals surface area (Å²) in [5.74, 6) is -1.71. The molecule has 4 aliphatic rings. The van der Waals surface area contributed by atoms with E-state index in [4.69, 9.17) is 37.9 Å². The van der Waals surface area contributed by atoms with Gasteiger partial charge >= 0.3 is 36.1 Å². The molecule has 4 unspecified atom stereocenters. The third kappa shape index (κ3) is 15.1. The van der Waals surface area contributed by atoms with E-state index in [0.29, 0.717) is 25.8 Å². The summed E-state index contributed by atoms with van der Waals surface area (Å²) in [4.78, 5) is 74.5. The van der Waals surface area contributed by atoms with E-state index in [0.717, 1.165) is 25.7 Å². The van der Waals surface area contributed by atoms with Crippen molar-refractivity contribution in [3.05, 3.63) is 24.3 Å². The first-order valence-corrected chi connectivity index (χ1v) is 21.1. The van der Waals surface area contributed by atoms with Gasteiger partial charge in [-0.05, 0) is 86.4 Å². The molecule has 2 amide bonds. The van der Waals surface area contributed by atoms with Gasteiger partial charge in [-0.25, -0.2) is 19.2 Å². The van der Waals surface area contributed by atoms with E-state index < -0.39 is 48.5 Å². The molecular formula is C44H68N2O14. The normalized spacial score (nSPS) is 30.1. The van der Waals surface area contributed by atoms with Gasteiger partial charge in [-0.3, -0.25) is 9.59 Å². The molecule has 2 heterocycles. The third-order valence-electron chi connectivity index (χ3n) is 11.7. The molecule has 0 aromatic rings. The molecule has 2 N–H and O–H groups in total. The number of amides is 2. The summed E-state index contributed by atoms with van der Waals surface area (Å²) in [7, 11) is 0. The summed E-state index contributed by atoms with van der Waals surface area (Å²) in [5.41, 5.74) is -0.214. The highest BCUT2D eigenvalue weighted by molar-refractivity contribution is 5.87. The molecule has 4 fully saturated rings. The number of alkyl carbamates (subject to hydrolysis) is 2. The van der Waals surface area contributed by atoms with Crippen molar-refractivity contribution in [2.45, 2.75) is 144 Å². The summed E-state index contributed by atoms with van der Waals surface area (Å²) in [6.07, 6.45) is 1.89. The number of ether oxygens (including phenoxy) is 8. The number of hydrogen-bond donors (Lipinski definition) is 2. The number of carbonyl (C=O) groups is 6. The number of hydrogen-bond acceptors (Lipinski definition) is 14. The Morgan fingerprint density at radius 1 is 0.633 bits per heavy atom. The topological polar surface area (TPSA) is 200 Å². The van der Waals surface area contributed by atoms with Crippen LogP contribution < -0.4 is 10.6 Å². The molecule has 60 heavy (non-hydrogen) atoms. The van der Waals surface area contributed by atoms with Crippen molar-refractivity contribution < 1.29 is 66.7 Å². The van der Waals surface area contributed by atoms with Gasteiger partial charge < -0.3 is 48.5 Å². The van der Waals surface area contributed by atoms with E-state index in [1.807, 2.05) is 0 Å². The van der Waals surface area contributed by atoms with Crippen LogP contribution in [0.25, 0.3) is 0 Å². The van der Waals surface area contributed by atoms with E-state index in [9.17, 15) is 28.8 Å². The smallest absolute Gasteiger partial charge is 0.407 e. The van der Waals surface area contributed by atoms with E-state index in [1.54, 1.807) is 6.92 Å². The Kier molecular flexibility index (Phi) is 16.6. The molecule has 2 saturated heterocycles. The molecule has 0 aromatic heterocycles. The second kappa shape index (κ2) is 20.6. The standard InChI is InChI=1S/C44H68N2O14/c1-27(2)37(49)54-14-13-53-34(48)17-29-18-41(5,6)24-43(9,19-29)12-11-33(47)59-31-22-57-36-32(23-58-35(31)36)60-39(51)45-26-44(10)21-30(20-42(7,8)25-44)46-40(52)56-16-15-55-38(50)28(3)4/h29-32,35-36H,1,3,11-26H2,2,4-10H3,(H,45,51)(H,46,52)/t29?,30?,31-,32+,35+,36+,43?,44?/m0/s1. The number of fused-ring (bicyclic) bond motifs is 1. The molecule has 8 atom stereocenters. The fourth-order valence-corrected chi connectivity index (χ4v) is 10.1. The highest BCUT2D eigenvalue weighted by atomic mass is 16.7. The minimum atomic E-state index is -0.688. The number of carbonyl (C=O) groups excluding carboxylic acids is 6. The summed E-state index contributed by atoms with van der Waals surface area (Å²) in [6, 6.07) is -0.207. The van der Waals surface area contributed by atoms with Crippen LogP contribution in [-0.2, 0) is 57.1 Å². The largest absolute Gasteiger partial charge is 0.462 e. The number of rotatable bonds is 18. The second-order valence-electron chi connectivity index (χ2n) is 19.6. The lowest BCUT2D eigenvalue weighted by Gasteiger charge is -2.46. The molecular weight excluding hydrogens is 780 g/mol. The average Bonchev–Trinajstić information content (AvgIpc) is 3.71. The Bertz CT molecular complexity index is 1490. The van der Waals surface area contributed by atoms with Crippen LogP contribution in [0.3, 0.4) is 0 Å². The van der Waals surface area contributed by atoms with Gasteiger partial charge in [-0.2, -0.15) is 0 Å². The highest BCUT2D eigenvalue weighted by Gasteiger charge is 2.52. The summed E-state index contributed by atoms with van der Waals surface area (Å²) < 4.78 is 44.0. The Morgan fingerprint density at radius 3 is 1.77 bits per heavy atom. The van der Waals surface area contributed by atoms with Crippen molar-refractivity contribution >= 4 is 36.1 Å². The van der Waals surface area contributed by atoms with Gasteiger partial charge in [0.15, 0.2) is 12.2 Å². The maximum absolute atomic E-state index is 13.2. The Hall–Kier alpha value is -4.18. The van der Waals surface area contributed by atoms with Gasteiger partial charge in [-0.1, -0.05) is 54.7 Å². The number of nitrogens with one attached hydrogen (secondary N) is 2. The predicted molar refractivity (Wildman–Crippen MR) is 217 cm³/mol. The molecule has 2 saturated carbocycles. The molecule has 0 spiro atoms. The second-order valence-corrected chi connectivity index (χ2v) is 19.6. The summed E-state index contributed by atoms with van der Waals surface area (Å²) in [5, 5.41) is 5.82. The minimum absolute atomic E-state index is 0.0193. The maximum Gasteiger partial charge on any atom is 0.407 e. The van der Waals surface area contributed by atoms with Crippen LogP contribution >= 0.6 is 0 Å². The van der Waals surface area contributed by atoms with Crippen molar-refractivity contribution in [1.29, 1.82) is 0 Å². The Balaban J connectivity index is 1.18. The van der Waals surface area contributed by atoms with E-state index >= 15 is 0 Å². The van der Waals surface area contributed by atoms with Gasteiger partial charge in [0, 0.05) is 36.6 Å². The lowest BCUT2D eigenvalue weighted by atomic mass is 9.59. The zero-order valence-corrected chi connectivity index (χ0v) is 36.9. The first-order valence-electron chi connectivity index (χ1n) is 21.1. The molecule has 16 heteroatoms. The first-order chi connectivity index (χ1) is 28.0. The number of esters is 4. The third-order valence-corrected chi connectivity index (χ3v) is 11.7. The predicted octanol–water partition coefficient (Wildman–Crippen LogP) is 5.89. The lowest BCUT2D eigenvalue weighted by Crippen LogP contribution is -2.51. The van der Waals surface area contributed by atoms with Crippen LogP contribution in [0.5, 0.6) is 0 Å².